The van der Waals surface area contributed by atoms with E-state index in [9.17, 15) is 4.79 Å². The molecule has 0 atom stereocenters. The maximum absolute atomic E-state index is 11.8. The van der Waals surface area contributed by atoms with Crippen LogP contribution in [0.5, 0.6) is 5.75 Å². The van der Waals surface area contributed by atoms with E-state index in [1.807, 2.05) is 18.2 Å². The monoisotopic (exact) mass is 260 g/mol. The number of para-hydroxylation sites is 2. The minimum Gasteiger partial charge on any atom is -0.495 e. The Kier molecular flexibility index (Phi) is 4.58. The fourth-order valence-corrected chi connectivity index (χ4v) is 1.66. The Morgan fingerprint density at radius 1 is 1.32 bits per heavy atom. The minimum absolute atomic E-state index is 0.118. The number of methoxy groups -OCH3 is 1. The van der Waals surface area contributed by atoms with Gasteiger partial charge in [-0.25, -0.2) is 0 Å². The highest BCUT2D eigenvalue weighted by Crippen LogP contribution is 2.22. The average Bonchev–Trinajstić information content (AvgIpc) is 2.92. The van der Waals surface area contributed by atoms with Crippen LogP contribution in [-0.4, -0.2) is 19.6 Å². The van der Waals surface area contributed by atoms with Gasteiger partial charge in [0.05, 0.1) is 31.9 Å². The summed E-state index contributed by atoms with van der Waals surface area (Å²) < 4.78 is 10.1. The Labute approximate surface area is 111 Å². The summed E-state index contributed by atoms with van der Waals surface area (Å²) >= 11 is 0. The van der Waals surface area contributed by atoms with Crippen molar-refractivity contribution >= 4 is 11.6 Å². The second kappa shape index (κ2) is 6.61. The number of anilines is 1. The van der Waals surface area contributed by atoms with Gasteiger partial charge in [-0.15, -0.1) is 0 Å². The lowest BCUT2D eigenvalue weighted by atomic mass is 10.3. The molecule has 0 saturated carbocycles. The molecule has 0 aliphatic rings. The number of rotatable bonds is 6. The zero-order valence-corrected chi connectivity index (χ0v) is 10.7. The van der Waals surface area contributed by atoms with E-state index in [4.69, 9.17) is 9.15 Å². The Bertz CT molecular complexity index is 523. The fraction of sp³-hybridized carbons (Fsp3) is 0.214. The lowest BCUT2D eigenvalue weighted by Gasteiger charge is -2.10. The number of hydrogen-bond acceptors (Lipinski definition) is 4. The Morgan fingerprint density at radius 2 is 2.16 bits per heavy atom. The molecule has 0 aliphatic heterocycles. The van der Waals surface area contributed by atoms with Crippen molar-refractivity contribution in [3.8, 4) is 5.75 Å². The van der Waals surface area contributed by atoms with Crippen molar-refractivity contribution in [2.75, 3.05) is 19.0 Å². The number of hydrogen-bond donors (Lipinski definition) is 2. The maximum atomic E-state index is 11.8. The van der Waals surface area contributed by atoms with E-state index in [0.717, 1.165) is 5.56 Å². The molecule has 1 amide bonds. The van der Waals surface area contributed by atoms with Crippen molar-refractivity contribution in [2.24, 2.45) is 0 Å². The van der Waals surface area contributed by atoms with Crippen molar-refractivity contribution in [2.45, 2.75) is 6.54 Å². The molecule has 5 nitrogen and oxygen atoms in total. The summed E-state index contributed by atoms with van der Waals surface area (Å²) in [5.41, 5.74) is 1.67. The summed E-state index contributed by atoms with van der Waals surface area (Å²) in [5.74, 6) is 0.527. The molecule has 0 unspecified atom stereocenters. The van der Waals surface area contributed by atoms with Gasteiger partial charge in [-0.2, -0.15) is 0 Å². The number of nitrogens with one attached hydrogen (secondary N) is 2. The van der Waals surface area contributed by atoms with Gasteiger partial charge in [0, 0.05) is 12.1 Å². The molecule has 2 N–H and O–H groups in total. The fourth-order valence-electron chi connectivity index (χ4n) is 1.66. The Hall–Kier alpha value is -2.27. The number of furan rings is 1. The average molecular weight is 260 g/mol. The van der Waals surface area contributed by atoms with Crippen LogP contribution in [0.25, 0.3) is 0 Å². The molecule has 100 valence electrons. The molecule has 0 bridgehead atoms. The molecular weight excluding hydrogens is 244 g/mol. The van der Waals surface area contributed by atoms with E-state index < -0.39 is 0 Å². The molecule has 1 heterocycles. The van der Waals surface area contributed by atoms with Crippen molar-refractivity contribution in [3.63, 3.8) is 0 Å². The van der Waals surface area contributed by atoms with Gasteiger partial charge in [-0.05, 0) is 18.2 Å². The maximum Gasteiger partial charge on any atom is 0.238 e. The normalized spacial score (nSPS) is 10.2. The highest BCUT2D eigenvalue weighted by molar-refractivity contribution is 5.93. The second-order valence-electron chi connectivity index (χ2n) is 3.98. The Balaban J connectivity index is 1.80. The van der Waals surface area contributed by atoms with Crippen LogP contribution < -0.4 is 15.4 Å². The van der Waals surface area contributed by atoms with Crippen molar-refractivity contribution < 1.29 is 13.9 Å². The third kappa shape index (κ3) is 3.86. The summed E-state index contributed by atoms with van der Waals surface area (Å²) in [5, 5.41) is 5.82. The molecule has 2 rings (SSSR count). The van der Waals surface area contributed by atoms with Crippen molar-refractivity contribution in [1.29, 1.82) is 0 Å². The smallest absolute Gasteiger partial charge is 0.238 e. The number of benzene rings is 1. The van der Waals surface area contributed by atoms with E-state index in [1.54, 1.807) is 31.8 Å². The largest absolute Gasteiger partial charge is 0.495 e. The topological polar surface area (TPSA) is 63.5 Å². The first kappa shape index (κ1) is 13.2. The number of carbonyl (C=O) groups is 1. The van der Waals surface area contributed by atoms with E-state index in [1.165, 1.54) is 0 Å². The highest BCUT2D eigenvalue weighted by Gasteiger charge is 2.06. The molecule has 1 aromatic carbocycles. The van der Waals surface area contributed by atoms with Gasteiger partial charge in [0.15, 0.2) is 0 Å². The number of ether oxygens (including phenoxy) is 1. The number of carbonyl (C=O) groups excluding carboxylic acids is 1. The molecule has 0 saturated heterocycles. The molecule has 0 spiro atoms. The molecule has 0 fully saturated rings. The van der Waals surface area contributed by atoms with Crippen LogP contribution in [0.3, 0.4) is 0 Å². The standard InChI is InChI=1S/C14H16N2O3/c1-18-13-5-3-2-4-12(13)16-14(17)9-15-8-11-6-7-19-10-11/h2-7,10,15H,8-9H2,1H3,(H,16,17). The molecule has 0 aliphatic carbocycles. The first-order valence-corrected chi connectivity index (χ1v) is 5.94. The predicted molar refractivity (Wildman–Crippen MR) is 72.0 cm³/mol. The zero-order chi connectivity index (χ0) is 13.5. The van der Waals surface area contributed by atoms with Crippen LogP contribution in [0.4, 0.5) is 5.69 Å². The summed E-state index contributed by atoms with van der Waals surface area (Å²) in [6.45, 7) is 0.819. The summed E-state index contributed by atoms with van der Waals surface area (Å²) in [7, 11) is 1.57. The predicted octanol–water partition coefficient (Wildman–Crippen LogP) is 2.02. The van der Waals surface area contributed by atoms with E-state index in [2.05, 4.69) is 10.6 Å². The van der Waals surface area contributed by atoms with Gasteiger partial charge >= 0.3 is 0 Å². The zero-order valence-electron chi connectivity index (χ0n) is 10.7. The van der Waals surface area contributed by atoms with Crippen LogP contribution in [0, 0.1) is 0 Å². The SMILES string of the molecule is COc1ccccc1NC(=O)CNCc1ccoc1. The summed E-state index contributed by atoms with van der Waals surface area (Å²) in [6.07, 6.45) is 3.25. The third-order valence-electron chi connectivity index (χ3n) is 2.58. The molecule has 2 aromatic rings. The summed E-state index contributed by atoms with van der Waals surface area (Å²) in [4.78, 5) is 11.8. The lowest BCUT2D eigenvalue weighted by molar-refractivity contribution is -0.115. The molecule has 1 aromatic heterocycles. The van der Waals surface area contributed by atoms with Crippen LogP contribution in [0.15, 0.2) is 47.3 Å². The minimum atomic E-state index is -0.118. The van der Waals surface area contributed by atoms with E-state index >= 15 is 0 Å². The third-order valence-corrected chi connectivity index (χ3v) is 2.58. The molecular formula is C14H16N2O3. The molecule has 19 heavy (non-hydrogen) atoms. The van der Waals surface area contributed by atoms with Crippen molar-refractivity contribution in [3.05, 3.63) is 48.4 Å². The van der Waals surface area contributed by atoms with E-state index in [0.29, 0.717) is 18.0 Å². The first-order valence-electron chi connectivity index (χ1n) is 5.94. The van der Waals surface area contributed by atoms with Gasteiger partial charge in [-0.1, -0.05) is 12.1 Å². The molecule has 0 radical (unpaired) electrons. The summed E-state index contributed by atoms with van der Waals surface area (Å²) in [6, 6.07) is 9.15. The Morgan fingerprint density at radius 3 is 2.89 bits per heavy atom. The van der Waals surface area contributed by atoms with Gasteiger partial charge in [0.2, 0.25) is 5.91 Å². The lowest BCUT2D eigenvalue weighted by Crippen LogP contribution is -2.27. The molecule has 5 heteroatoms. The van der Waals surface area contributed by atoms with Gasteiger partial charge < -0.3 is 19.8 Å². The van der Waals surface area contributed by atoms with Gasteiger partial charge in [0.1, 0.15) is 5.75 Å². The van der Waals surface area contributed by atoms with Crippen LogP contribution in [0.2, 0.25) is 0 Å². The van der Waals surface area contributed by atoms with Crippen LogP contribution in [0.1, 0.15) is 5.56 Å². The van der Waals surface area contributed by atoms with Gasteiger partial charge in [0.25, 0.3) is 0 Å². The number of amides is 1. The highest BCUT2D eigenvalue weighted by atomic mass is 16.5. The first-order chi connectivity index (χ1) is 9.29. The second-order valence-corrected chi connectivity index (χ2v) is 3.98. The van der Waals surface area contributed by atoms with E-state index in [-0.39, 0.29) is 12.5 Å². The van der Waals surface area contributed by atoms with Crippen LogP contribution in [-0.2, 0) is 11.3 Å². The van der Waals surface area contributed by atoms with Crippen molar-refractivity contribution in [1.82, 2.24) is 5.32 Å². The quantitative estimate of drug-likeness (QED) is 0.834. The van der Waals surface area contributed by atoms with Gasteiger partial charge in [-0.3, -0.25) is 4.79 Å². The van der Waals surface area contributed by atoms with Crippen LogP contribution >= 0.6 is 0 Å².